The Morgan fingerprint density at radius 1 is 1.17 bits per heavy atom. The summed E-state index contributed by atoms with van der Waals surface area (Å²) in [6.45, 7) is 3.98. The average Bonchev–Trinajstić information content (AvgIpc) is 2.27. The second-order valence-electron chi connectivity index (χ2n) is 5.23. The minimum absolute atomic E-state index is 0.148. The fraction of sp³-hybridized carbons (Fsp3) is 0.769. The summed E-state index contributed by atoms with van der Waals surface area (Å²) >= 11 is 0. The first-order chi connectivity index (χ1) is 8.59. The number of nitrogens with two attached hydrogens (primary N) is 1. The molecule has 2 N–H and O–H groups in total. The molecule has 0 aromatic carbocycles. The van der Waals surface area contributed by atoms with E-state index in [1.54, 1.807) is 0 Å². The second kappa shape index (κ2) is 5.50. The molecule has 1 heterocycles. The van der Waals surface area contributed by atoms with Crippen LogP contribution in [0.1, 0.15) is 46.0 Å². The lowest BCUT2D eigenvalue weighted by molar-refractivity contribution is 0.0641. The minimum Gasteiger partial charge on any atom is -0.446 e. The Hall–Kier alpha value is -1.39. The first-order valence-corrected chi connectivity index (χ1v) is 6.64. The van der Waals surface area contributed by atoms with Crippen LogP contribution in [0, 0.1) is 11.8 Å². The third-order valence-corrected chi connectivity index (χ3v) is 3.99. The molecule has 100 valence electrons. The summed E-state index contributed by atoms with van der Waals surface area (Å²) in [5.74, 6) is 0.488. The van der Waals surface area contributed by atoms with Crippen molar-refractivity contribution in [1.82, 2.24) is 0 Å². The van der Waals surface area contributed by atoms with E-state index in [4.69, 9.17) is 10.5 Å². The van der Waals surface area contributed by atoms with Gasteiger partial charge in [-0.1, -0.05) is 12.8 Å². The molecule has 0 spiro atoms. The molecule has 1 amide bonds. The number of nitrogens with zero attached hydrogens (tertiary/aromatic N) is 2. The van der Waals surface area contributed by atoms with Crippen molar-refractivity contribution in [2.24, 2.45) is 27.8 Å². The summed E-state index contributed by atoms with van der Waals surface area (Å²) in [4.78, 5) is 11.1. The smallest absolute Gasteiger partial charge is 0.404 e. The largest absolute Gasteiger partial charge is 0.446 e. The topological polar surface area (TPSA) is 77.0 Å². The molecule has 1 saturated carbocycles. The number of rotatable bonds is 1. The van der Waals surface area contributed by atoms with Crippen molar-refractivity contribution in [3.05, 3.63) is 0 Å². The van der Waals surface area contributed by atoms with Crippen molar-refractivity contribution < 1.29 is 9.53 Å². The lowest BCUT2D eigenvalue weighted by atomic mass is 9.75. The molecule has 18 heavy (non-hydrogen) atoms. The molecule has 0 bridgehead atoms. The van der Waals surface area contributed by atoms with Gasteiger partial charge in [0.25, 0.3) is 0 Å². The first-order valence-electron chi connectivity index (χ1n) is 6.64. The fourth-order valence-electron chi connectivity index (χ4n) is 3.11. The van der Waals surface area contributed by atoms with E-state index < -0.39 is 6.09 Å². The van der Waals surface area contributed by atoms with Crippen LogP contribution in [0.25, 0.3) is 0 Å². The lowest BCUT2D eigenvalue weighted by Crippen LogP contribution is -2.42. The molecule has 2 rings (SSSR count). The number of carbonyl (C=O) groups excluding carboxylic acids is 1. The van der Waals surface area contributed by atoms with E-state index in [1.165, 1.54) is 12.8 Å². The maximum atomic E-state index is 11.1. The zero-order valence-electron chi connectivity index (χ0n) is 11.1. The highest BCUT2D eigenvalue weighted by molar-refractivity contribution is 5.96. The molecule has 0 radical (unpaired) electrons. The van der Waals surface area contributed by atoms with Crippen molar-refractivity contribution in [2.45, 2.75) is 52.1 Å². The SMILES string of the molecule is CC1=NN=C(C)[C@@H]2CCCCC[C@@H](OC(N)=O)[C@@H]12. The van der Waals surface area contributed by atoms with Crippen LogP contribution in [0.2, 0.25) is 0 Å². The van der Waals surface area contributed by atoms with E-state index in [1.807, 2.05) is 13.8 Å². The van der Waals surface area contributed by atoms with Gasteiger partial charge in [-0.2, -0.15) is 10.2 Å². The predicted octanol–water partition coefficient (Wildman–Crippen LogP) is 2.50. The van der Waals surface area contributed by atoms with Gasteiger partial charge in [-0.15, -0.1) is 0 Å². The lowest BCUT2D eigenvalue weighted by Gasteiger charge is -2.36. The zero-order valence-corrected chi connectivity index (χ0v) is 11.1. The molecular weight excluding hydrogens is 230 g/mol. The van der Waals surface area contributed by atoms with Gasteiger partial charge in [0.15, 0.2) is 0 Å². The van der Waals surface area contributed by atoms with Crippen molar-refractivity contribution >= 4 is 17.5 Å². The van der Waals surface area contributed by atoms with Crippen molar-refractivity contribution in [2.75, 3.05) is 0 Å². The van der Waals surface area contributed by atoms with Gasteiger partial charge in [0.05, 0.1) is 0 Å². The summed E-state index contributed by atoms with van der Waals surface area (Å²) in [6, 6.07) is 0. The van der Waals surface area contributed by atoms with Crippen LogP contribution in [0.3, 0.4) is 0 Å². The van der Waals surface area contributed by atoms with Crippen LogP contribution in [-0.2, 0) is 4.74 Å². The van der Waals surface area contributed by atoms with Crippen molar-refractivity contribution in [3.8, 4) is 0 Å². The van der Waals surface area contributed by atoms with Gasteiger partial charge >= 0.3 is 6.09 Å². The summed E-state index contributed by atoms with van der Waals surface area (Å²) in [5.41, 5.74) is 7.19. The van der Waals surface area contributed by atoms with Gasteiger partial charge < -0.3 is 10.5 Å². The van der Waals surface area contributed by atoms with Crippen LogP contribution in [0.4, 0.5) is 4.79 Å². The number of carbonyl (C=O) groups is 1. The third-order valence-electron chi connectivity index (χ3n) is 3.99. The van der Waals surface area contributed by atoms with Crippen LogP contribution in [0.15, 0.2) is 10.2 Å². The van der Waals surface area contributed by atoms with Crippen molar-refractivity contribution in [1.29, 1.82) is 0 Å². The summed E-state index contributed by atoms with van der Waals surface area (Å²) in [7, 11) is 0. The summed E-state index contributed by atoms with van der Waals surface area (Å²) in [5, 5.41) is 8.41. The Morgan fingerprint density at radius 2 is 1.83 bits per heavy atom. The number of ether oxygens (including phenoxy) is 1. The Kier molecular flexibility index (Phi) is 3.99. The monoisotopic (exact) mass is 251 g/mol. The van der Waals surface area contributed by atoms with Crippen LogP contribution >= 0.6 is 0 Å². The van der Waals surface area contributed by atoms with E-state index in [-0.39, 0.29) is 12.0 Å². The van der Waals surface area contributed by atoms with Crippen LogP contribution in [0.5, 0.6) is 0 Å². The molecular formula is C13H21N3O2. The van der Waals surface area contributed by atoms with E-state index in [0.717, 1.165) is 30.7 Å². The maximum absolute atomic E-state index is 11.1. The Balaban J connectivity index is 2.25. The fourth-order valence-corrected chi connectivity index (χ4v) is 3.11. The quantitative estimate of drug-likeness (QED) is 0.777. The maximum Gasteiger partial charge on any atom is 0.404 e. The third kappa shape index (κ3) is 2.71. The van der Waals surface area contributed by atoms with Gasteiger partial charge in [0.2, 0.25) is 0 Å². The first kappa shape index (κ1) is 13.1. The highest BCUT2D eigenvalue weighted by Gasteiger charge is 2.38. The van der Waals surface area contributed by atoms with Crippen LogP contribution in [-0.4, -0.2) is 23.6 Å². The van der Waals surface area contributed by atoms with E-state index in [2.05, 4.69) is 10.2 Å². The van der Waals surface area contributed by atoms with Gasteiger partial charge in [0, 0.05) is 23.3 Å². The number of hydrogen-bond acceptors (Lipinski definition) is 4. The number of amides is 1. The Bertz CT molecular complexity index is 390. The van der Waals surface area contributed by atoms with Gasteiger partial charge in [0.1, 0.15) is 6.10 Å². The minimum atomic E-state index is -0.688. The molecule has 5 nitrogen and oxygen atoms in total. The number of hydrogen-bond donors (Lipinski definition) is 1. The Morgan fingerprint density at radius 3 is 2.56 bits per heavy atom. The van der Waals surface area contributed by atoms with Crippen LogP contribution < -0.4 is 5.73 Å². The molecule has 5 heteroatoms. The number of fused-ring (bicyclic) bond motifs is 1. The van der Waals surface area contributed by atoms with Crippen molar-refractivity contribution in [3.63, 3.8) is 0 Å². The highest BCUT2D eigenvalue weighted by atomic mass is 16.6. The number of primary amides is 1. The van der Waals surface area contributed by atoms with E-state index >= 15 is 0 Å². The van der Waals surface area contributed by atoms with Gasteiger partial charge in [-0.3, -0.25) is 0 Å². The average molecular weight is 251 g/mol. The molecule has 1 aliphatic heterocycles. The van der Waals surface area contributed by atoms with Gasteiger partial charge in [-0.25, -0.2) is 4.79 Å². The second-order valence-corrected chi connectivity index (χ2v) is 5.23. The molecule has 3 atom stereocenters. The molecule has 0 saturated heterocycles. The van der Waals surface area contributed by atoms with Gasteiger partial charge in [-0.05, 0) is 33.1 Å². The summed E-state index contributed by atoms with van der Waals surface area (Å²) in [6.07, 6.45) is 4.56. The molecule has 2 aliphatic rings. The zero-order chi connectivity index (χ0) is 13.1. The predicted molar refractivity (Wildman–Crippen MR) is 70.7 cm³/mol. The van der Waals surface area contributed by atoms with E-state index in [0.29, 0.717) is 5.92 Å². The Labute approximate surface area is 107 Å². The normalized spacial score (nSPS) is 32.4. The molecule has 1 fully saturated rings. The molecule has 0 aromatic heterocycles. The summed E-state index contributed by atoms with van der Waals surface area (Å²) < 4.78 is 5.32. The standard InChI is InChI=1S/C13H21N3O2/c1-8-10-6-4-3-5-7-11(18-13(14)17)12(10)9(2)16-15-8/h10-12H,3-7H2,1-2H3,(H2,14,17)/t10-,11+,12-/m0/s1. The molecule has 0 aromatic rings. The highest BCUT2D eigenvalue weighted by Crippen LogP contribution is 2.34. The molecule has 1 aliphatic carbocycles. The molecule has 0 unspecified atom stereocenters. The van der Waals surface area contributed by atoms with E-state index in [9.17, 15) is 4.79 Å².